The number of piperidine rings is 1. The summed E-state index contributed by atoms with van der Waals surface area (Å²) in [5.41, 5.74) is 7.64. The molecule has 132 valence electrons. The van der Waals surface area contributed by atoms with Gasteiger partial charge in [0.15, 0.2) is 0 Å². The maximum absolute atomic E-state index is 13.2. The van der Waals surface area contributed by atoms with Crippen LogP contribution in [0.5, 0.6) is 0 Å². The first-order valence-electron chi connectivity index (χ1n) is 8.52. The Bertz CT molecular complexity index is 600. The van der Waals surface area contributed by atoms with Gasteiger partial charge in [0.2, 0.25) is 5.91 Å². The molecule has 1 amide bonds. The van der Waals surface area contributed by atoms with Crippen molar-refractivity contribution in [2.75, 3.05) is 19.6 Å². The highest BCUT2D eigenvalue weighted by Crippen LogP contribution is 2.37. The Hall–Kier alpha value is -0.850. The number of hydrazine groups is 1. The Morgan fingerprint density at radius 1 is 1.21 bits per heavy atom. The van der Waals surface area contributed by atoms with E-state index in [1.807, 2.05) is 29.2 Å². The van der Waals surface area contributed by atoms with Gasteiger partial charge in [0.05, 0.1) is 6.04 Å². The van der Waals surface area contributed by atoms with E-state index in [0.717, 1.165) is 49.5 Å². The zero-order valence-corrected chi connectivity index (χ0v) is 15.1. The van der Waals surface area contributed by atoms with Crippen molar-refractivity contribution >= 4 is 29.9 Å². The van der Waals surface area contributed by atoms with Crippen LogP contribution in [0.25, 0.3) is 0 Å². The molecule has 1 aromatic rings. The number of rotatable bonds is 2. The van der Waals surface area contributed by atoms with E-state index in [9.17, 15) is 4.79 Å². The van der Waals surface area contributed by atoms with Crippen LogP contribution < -0.4 is 16.2 Å². The maximum atomic E-state index is 13.2. The molecule has 7 heteroatoms. The number of likely N-dealkylation sites (tertiary alicyclic amines) is 1. The first kappa shape index (κ1) is 18.0. The molecule has 0 saturated carbocycles. The summed E-state index contributed by atoms with van der Waals surface area (Å²) in [4.78, 5) is 15.2. The lowest BCUT2D eigenvalue weighted by atomic mass is 9.88. The van der Waals surface area contributed by atoms with Crippen molar-refractivity contribution in [2.45, 2.75) is 37.4 Å². The van der Waals surface area contributed by atoms with Crippen molar-refractivity contribution in [3.63, 3.8) is 0 Å². The van der Waals surface area contributed by atoms with Crippen LogP contribution >= 0.6 is 24.0 Å². The Morgan fingerprint density at radius 3 is 2.88 bits per heavy atom. The SMILES string of the molecule is Cl.O=C(C1NNC2CCNCC21)N1CCCC1c1ccccc1Cl. The van der Waals surface area contributed by atoms with Gasteiger partial charge in [-0.2, -0.15) is 0 Å². The third kappa shape index (κ3) is 3.16. The number of halogens is 2. The standard InChI is InChI=1S/C17H23ClN4O.ClH/c18-13-5-2-1-4-11(13)15-6-3-9-22(15)17(23)16-12-10-19-8-7-14(12)20-21-16;/h1-2,4-5,12,14-16,19-21H,3,6-10H2;1H. The largest absolute Gasteiger partial charge is 0.334 e. The minimum atomic E-state index is -0.143. The van der Waals surface area contributed by atoms with Gasteiger partial charge in [-0.15, -0.1) is 12.4 Å². The van der Waals surface area contributed by atoms with Gasteiger partial charge in [0.1, 0.15) is 6.04 Å². The van der Waals surface area contributed by atoms with Gasteiger partial charge in [-0.3, -0.25) is 10.2 Å². The van der Waals surface area contributed by atoms with Crippen molar-refractivity contribution in [2.24, 2.45) is 5.92 Å². The molecule has 0 spiro atoms. The second-order valence-corrected chi connectivity index (χ2v) is 7.15. The second-order valence-electron chi connectivity index (χ2n) is 6.74. The Kier molecular flexibility index (Phi) is 5.67. The molecule has 4 atom stereocenters. The van der Waals surface area contributed by atoms with E-state index in [0.29, 0.717) is 12.0 Å². The van der Waals surface area contributed by atoms with Crippen molar-refractivity contribution in [1.29, 1.82) is 0 Å². The molecule has 0 bridgehead atoms. The Morgan fingerprint density at radius 2 is 2.04 bits per heavy atom. The molecule has 3 fully saturated rings. The van der Waals surface area contributed by atoms with Gasteiger partial charge in [-0.25, -0.2) is 5.43 Å². The highest BCUT2D eigenvalue weighted by molar-refractivity contribution is 6.31. The summed E-state index contributed by atoms with van der Waals surface area (Å²) in [5.74, 6) is 0.528. The van der Waals surface area contributed by atoms with E-state index in [4.69, 9.17) is 11.6 Å². The molecule has 3 aliphatic rings. The third-order valence-electron chi connectivity index (χ3n) is 5.45. The molecule has 0 aliphatic carbocycles. The third-order valence-corrected chi connectivity index (χ3v) is 5.79. The topological polar surface area (TPSA) is 56.4 Å². The van der Waals surface area contributed by atoms with Gasteiger partial charge < -0.3 is 10.2 Å². The summed E-state index contributed by atoms with van der Waals surface area (Å²) in [7, 11) is 0. The highest BCUT2D eigenvalue weighted by atomic mass is 35.5. The zero-order chi connectivity index (χ0) is 15.8. The number of benzene rings is 1. The van der Waals surface area contributed by atoms with E-state index >= 15 is 0 Å². The van der Waals surface area contributed by atoms with Gasteiger partial charge in [0.25, 0.3) is 0 Å². The molecule has 4 rings (SSSR count). The van der Waals surface area contributed by atoms with E-state index in [1.165, 1.54) is 0 Å². The predicted octanol–water partition coefficient (Wildman–Crippen LogP) is 1.88. The number of nitrogens with zero attached hydrogens (tertiary/aromatic N) is 1. The second kappa shape index (κ2) is 7.58. The summed E-state index contributed by atoms with van der Waals surface area (Å²) in [6.07, 6.45) is 3.09. The first-order chi connectivity index (χ1) is 11.3. The summed E-state index contributed by atoms with van der Waals surface area (Å²) >= 11 is 6.37. The number of carbonyl (C=O) groups excluding carboxylic acids is 1. The number of amides is 1. The maximum Gasteiger partial charge on any atom is 0.241 e. The molecule has 0 radical (unpaired) electrons. The van der Waals surface area contributed by atoms with Crippen LogP contribution in [0.3, 0.4) is 0 Å². The van der Waals surface area contributed by atoms with Crippen molar-refractivity contribution in [3.05, 3.63) is 34.9 Å². The average Bonchev–Trinajstić information content (AvgIpc) is 3.22. The lowest BCUT2D eigenvalue weighted by molar-refractivity contribution is -0.135. The van der Waals surface area contributed by atoms with E-state index in [2.05, 4.69) is 16.2 Å². The molecule has 5 nitrogen and oxygen atoms in total. The fourth-order valence-electron chi connectivity index (χ4n) is 4.24. The fraction of sp³-hybridized carbons (Fsp3) is 0.588. The van der Waals surface area contributed by atoms with Gasteiger partial charge in [-0.05, 0) is 37.4 Å². The minimum Gasteiger partial charge on any atom is -0.334 e. The smallest absolute Gasteiger partial charge is 0.241 e. The predicted molar refractivity (Wildman–Crippen MR) is 97.2 cm³/mol. The Labute approximate surface area is 153 Å². The van der Waals surface area contributed by atoms with Crippen LogP contribution in [-0.4, -0.2) is 42.5 Å². The molecule has 3 N–H and O–H groups in total. The normalized spacial score (nSPS) is 32.3. The molecule has 1 aromatic carbocycles. The first-order valence-corrected chi connectivity index (χ1v) is 8.90. The van der Waals surface area contributed by atoms with Crippen molar-refractivity contribution in [3.8, 4) is 0 Å². The molecule has 3 saturated heterocycles. The lowest BCUT2D eigenvalue weighted by Crippen LogP contribution is -2.50. The number of nitrogens with one attached hydrogen (secondary N) is 3. The summed E-state index contributed by atoms with van der Waals surface area (Å²) in [6.45, 7) is 2.73. The van der Waals surface area contributed by atoms with Crippen LogP contribution in [0, 0.1) is 5.92 Å². The monoisotopic (exact) mass is 370 g/mol. The number of fused-ring (bicyclic) bond motifs is 1. The molecule has 4 unspecified atom stereocenters. The lowest BCUT2D eigenvalue weighted by Gasteiger charge is -2.32. The van der Waals surface area contributed by atoms with Crippen molar-refractivity contribution in [1.82, 2.24) is 21.1 Å². The molecule has 0 aromatic heterocycles. The van der Waals surface area contributed by atoms with Gasteiger partial charge >= 0.3 is 0 Å². The summed E-state index contributed by atoms with van der Waals surface area (Å²) in [5, 5.41) is 4.17. The van der Waals surface area contributed by atoms with Crippen LogP contribution in [0.2, 0.25) is 5.02 Å². The molecule has 3 heterocycles. The summed E-state index contributed by atoms with van der Waals surface area (Å²) in [6, 6.07) is 8.25. The number of hydrogen-bond acceptors (Lipinski definition) is 4. The quantitative estimate of drug-likeness (QED) is 0.743. The van der Waals surface area contributed by atoms with E-state index in [1.54, 1.807) is 0 Å². The van der Waals surface area contributed by atoms with Crippen molar-refractivity contribution < 1.29 is 4.79 Å². The van der Waals surface area contributed by atoms with Crippen LogP contribution in [-0.2, 0) is 4.79 Å². The molecular formula is C17H24Cl2N4O. The zero-order valence-electron chi connectivity index (χ0n) is 13.5. The minimum absolute atomic E-state index is 0. The average molecular weight is 371 g/mol. The molecular weight excluding hydrogens is 347 g/mol. The molecule has 3 aliphatic heterocycles. The Balaban J connectivity index is 0.00000169. The van der Waals surface area contributed by atoms with Gasteiger partial charge in [-0.1, -0.05) is 29.8 Å². The number of carbonyl (C=O) groups is 1. The van der Waals surface area contributed by atoms with Crippen LogP contribution in [0.4, 0.5) is 0 Å². The van der Waals surface area contributed by atoms with Gasteiger partial charge in [0, 0.05) is 30.1 Å². The van der Waals surface area contributed by atoms with E-state index < -0.39 is 0 Å². The molecule has 24 heavy (non-hydrogen) atoms. The number of hydrogen-bond donors (Lipinski definition) is 3. The summed E-state index contributed by atoms with van der Waals surface area (Å²) < 4.78 is 0. The van der Waals surface area contributed by atoms with Crippen LogP contribution in [0.1, 0.15) is 30.9 Å². The highest BCUT2D eigenvalue weighted by Gasteiger charge is 2.44. The van der Waals surface area contributed by atoms with E-state index in [-0.39, 0.29) is 30.4 Å². The van der Waals surface area contributed by atoms with Crippen LogP contribution in [0.15, 0.2) is 24.3 Å². The fourth-order valence-corrected chi connectivity index (χ4v) is 4.50.